The van der Waals surface area contributed by atoms with Gasteiger partial charge < -0.3 is 15.0 Å². The maximum Gasteiger partial charge on any atom is 0.146 e. The van der Waals surface area contributed by atoms with E-state index in [9.17, 15) is 4.39 Å². The van der Waals surface area contributed by atoms with Crippen LogP contribution in [0.5, 0.6) is 0 Å². The summed E-state index contributed by atoms with van der Waals surface area (Å²) in [7, 11) is 1.88. The van der Waals surface area contributed by atoms with Gasteiger partial charge in [0.05, 0.1) is 17.9 Å². The molecule has 0 aromatic heterocycles. The van der Waals surface area contributed by atoms with Gasteiger partial charge in [0.15, 0.2) is 0 Å². The molecule has 1 saturated heterocycles. The molecule has 1 fully saturated rings. The molecule has 1 heterocycles. The van der Waals surface area contributed by atoms with Gasteiger partial charge in [-0.05, 0) is 45.5 Å². The van der Waals surface area contributed by atoms with Crippen LogP contribution >= 0.6 is 0 Å². The van der Waals surface area contributed by atoms with E-state index in [4.69, 9.17) is 4.74 Å². The molecule has 0 aliphatic carbocycles. The number of nitrogens with one attached hydrogen (secondary N) is 1. The quantitative estimate of drug-likeness (QED) is 0.910. The molecule has 1 unspecified atom stereocenters. The molecule has 3 atom stereocenters. The lowest BCUT2D eigenvalue weighted by Gasteiger charge is -2.37. The van der Waals surface area contributed by atoms with Crippen molar-refractivity contribution in [3.8, 4) is 0 Å². The minimum atomic E-state index is -0.152. The molecule has 106 valence electrons. The van der Waals surface area contributed by atoms with Crippen LogP contribution in [0.2, 0.25) is 0 Å². The van der Waals surface area contributed by atoms with Gasteiger partial charge in [-0.1, -0.05) is 6.07 Å². The molecular formula is C15H23FN2O. The summed E-state index contributed by atoms with van der Waals surface area (Å²) < 4.78 is 20.0. The Morgan fingerprint density at radius 3 is 2.47 bits per heavy atom. The minimum absolute atomic E-state index is 0.138. The largest absolute Gasteiger partial charge is 0.372 e. The number of hydrogen-bond acceptors (Lipinski definition) is 3. The van der Waals surface area contributed by atoms with E-state index in [0.29, 0.717) is 5.69 Å². The lowest BCUT2D eigenvalue weighted by molar-refractivity contribution is -0.00539. The minimum Gasteiger partial charge on any atom is -0.372 e. The first-order valence-corrected chi connectivity index (χ1v) is 6.88. The zero-order valence-corrected chi connectivity index (χ0v) is 12.1. The molecule has 1 aromatic carbocycles. The summed E-state index contributed by atoms with van der Waals surface area (Å²) in [6, 6.07) is 5.65. The van der Waals surface area contributed by atoms with Crippen molar-refractivity contribution in [3.63, 3.8) is 0 Å². The fourth-order valence-electron chi connectivity index (χ4n) is 2.59. The van der Waals surface area contributed by atoms with Crippen molar-refractivity contribution in [2.75, 3.05) is 25.0 Å². The number of halogens is 1. The average Bonchev–Trinajstić information content (AvgIpc) is 2.36. The Morgan fingerprint density at radius 2 is 1.95 bits per heavy atom. The van der Waals surface area contributed by atoms with Crippen molar-refractivity contribution in [2.45, 2.75) is 39.0 Å². The summed E-state index contributed by atoms with van der Waals surface area (Å²) in [5, 5.41) is 3.12. The van der Waals surface area contributed by atoms with Gasteiger partial charge in [0, 0.05) is 19.1 Å². The van der Waals surface area contributed by atoms with Crippen molar-refractivity contribution in [1.29, 1.82) is 0 Å². The highest BCUT2D eigenvalue weighted by atomic mass is 19.1. The second kappa shape index (κ2) is 5.88. The summed E-state index contributed by atoms with van der Waals surface area (Å²) in [6.07, 6.45) is 0.276. The third kappa shape index (κ3) is 3.25. The maximum atomic E-state index is 14.3. The zero-order chi connectivity index (χ0) is 14.0. The predicted octanol–water partition coefficient (Wildman–Crippen LogP) is 2.72. The third-order valence-electron chi connectivity index (χ3n) is 3.67. The van der Waals surface area contributed by atoms with Crippen molar-refractivity contribution < 1.29 is 9.13 Å². The Kier molecular flexibility index (Phi) is 4.42. The highest BCUT2D eigenvalue weighted by Crippen LogP contribution is 2.26. The molecule has 1 aliphatic rings. The summed E-state index contributed by atoms with van der Waals surface area (Å²) in [5.74, 6) is -0.152. The first kappa shape index (κ1) is 14.3. The van der Waals surface area contributed by atoms with Crippen LogP contribution < -0.4 is 10.2 Å². The molecule has 1 aliphatic heterocycles. The molecule has 19 heavy (non-hydrogen) atoms. The van der Waals surface area contributed by atoms with E-state index in [2.05, 4.69) is 10.2 Å². The first-order valence-electron chi connectivity index (χ1n) is 6.88. The highest BCUT2D eigenvalue weighted by molar-refractivity contribution is 5.50. The van der Waals surface area contributed by atoms with E-state index in [1.54, 1.807) is 6.07 Å². The van der Waals surface area contributed by atoms with Crippen LogP contribution in [0.15, 0.2) is 18.2 Å². The van der Waals surface area contributed by atoms with Crippen LogP contribution in [0.3, 0.4) is 0 Å². The van der Waals surface area contributed by atoms with Crippen LogP contribution in [-0.4, -0.2) is 32.3 Å². The Balaban J connectivity index is 2.21. The second-order valence-corrected chi connectivity index (χ2v) is 5.38. The fraction of sp³-hybridized carbons (Fsp3) is 0.600. The Bertz CT molecular complexity index is 428. The summed E-state index contributed by atoms with van der Waals surface area (Å²) >= 11 is 0. The molecule has 4 heteroatoms. The molecular weight excluding hydrogens is 243 g/mol. The number of anilines is 1. The van der Waals surface area contributed by atoms with Crippen molar-refractivity contribution in [2.24, 2.45) is 0 Å². The van der Waals surface area contributed by atoms with Crippen LogP contribution in [0.25, 0.3) is 0 Å². The number of rotatable bonds is 3. The van der Waals surface area contributed by atoms with Gasteiger partial charge in [0.2, 0.25) is 0 Å². The maximum absolute atomic E-state index is 14.3. The van der Waals surface area contributed by atoms with Crippen LogP contribution in [-0.2, 0) is 4.74 Å². The van der Waals surface area contributed by atoms with Crippen molar-refractivity contribution >= 4 is 5.69 Å². The Morgan fingerprint density at radius 1 is 1.32 bits per heavy atom. The van der Waals surface area contributed by atoms with E-state index in [0.717, 1.165) is 18.7 Å². The number of ether oxygens (including phenoxy) is 1. The molecule has 0 amide bonds. The van der Waals surface area contributed by atoms with E-state index in [1.165, 1.54) is 0 Å². The van der Waals surface area contributed by atoms with Crippen molar-refractivity contribution in [3.05, 3.63) is 29.6 Å². The molecule has 1 N–H and O–H groups in total. The standard InChI is InChI=1S/C15H23FN2O/c1-10-8-18(9-11(2)19-10)15-6-5-13(7-14(15)16)12(3)17-4/h5-7,10-12,17H,8-9H2,1-4H3/t10-,11+,12?. The first-order chi connectivity index (χ1) is 9.01. The summed E-state index contributed by atoms with van der Waals surface area (Å²) in [4.78, 5) is 2.07. The lowest BCUT2D eigenvalue weighted by atomic mass is 10.1. The van der Waals surface area contributed by atoms with E-state index in [-0.39, 0.29) is 24.1 Å². The highest BCUT2D eigenvalue weighted by Gasteiger charge is 2.24. The molecule has 1 aromatic rings. The normalized spacial score (nSPS) is 25.4. The van der Waals surface area contributed by atoms with Gasteiger partial charge in [-0.15, -0.1) is 0 Å². The van der Waals surface area contributed by atoms with Crippen LogP contribution in [0, 0.1) is 5.82 Å². The van der Waals surface area contributed by atoms with E-state index < -0.39 is 0 Å². The monoisotopic (exact) mass is 266 g/mol. The second-order valence-electron chi connectivity index (χ2n) is 5.38. The fourth-order valence-corrected chi connectivity index (χ4v) is 2.59. The smallest absolute Gasteiger partial charge is 0.146 e. The summed E-state index contributed by atoms with van der Waals surface area (Å²) in [6.45, 7) is 7.55. The predicted molar refractivity (Wildman–Crippen MR) is 76.1 cm³/mol. The van der Waals surface area contributed by atoms with Crippen molar-refractivity contribution in [1.82, 2.24) is 5.32 Å². The van der Waals surface area contributed by atoms with Gasteiger partial charge in [-0.3, -0.25) is 0 Å². The number of morpholine rings is 1. The van der Waals surface area contributed by atoms with E-state index in [1.807, 2.05) is 40.0 Å². The molecule has 2 rings (SSSR count). The van der Waals surface area contributed by atoms with Gasteiger partial charge in [-0.25, -0.2) is 4.39 Å². The molecule has 0 saturated carbocycles. The van der Waals surface area contributed by atoms with Gasteiger partial charge in [0.1, 0.15) is 5.82 Å². The van der Waals surface area contributed by atoms with Gasteiger partial charge in [-0.2, -0.15) is 0 Å². The topological polar surface area (TPSA) is 24.5 Å². The lowest BCUT2D eigenvalue weighted by Crippen LogP contribution is -2.45. The Labute approximate surface area is 114 Å². The molecule has 0 spiro atoms. The van der Waals surface area contributed by atoms with Crippen LogP contribution in [0.1, 0.15) is 32.4 Å². The van der Waals surface area contributed by atoms with Gasteiger partial charge in [0.25, 0.3) is 0 Å². The molecule has 0 radical (unpaired) electrons. The number of nitrogens with zero attached hydrogens (tertiary/aromatic N) is 1. The number of hydrogen-bond donors (Lipinski definition) is 1. The zero-order valence-electron chi connectivity index (χ0n) is 12.1. The average molecular weight is 266 g/mol. The molecule has 3 nitrogen and oxygen atoms in total. The van der Waals surface area contributed by atoms with E-state index >= 15 is 0 Å². The number of benzene rings is 1. The summed E-state index contributed by atoms with van der Waals surface area (Å²) in [5.41, 5.74) is 1.65. The SMILES string of the molecule is CNC(C)c1ccc(N2C[C@@H](C)O[C@@H](C)C2)c(F)c1. The third-order valence-corrected chi connectivity index (χ3v) is 3.67. The Hall–Kier alpha value is -1.13. The van der Waals surface area contributed by atoms with Gasteiger partial charge >= 0.3 is 0 Å². The molecule has 0 bridgehead atoms. The van der Waals surface area contributed by atoms with Crippen LogP contribution in [0.4, 0.5) is 10.1 Å².